The molecule has 0 spiro atoms. The molecule has 0 saturated carbocycles. The van der Waals surface area contributed by atoms with Crippen LogP contribution in [0.15, 0.2) is 17.5 Å². The number of hydrogen-bond donors (Lipinski definition) is 1. The molecule has 0 aliphatic carbocycles. The van der Waals surface area contributed by atoms with Crippen LogP contribution in [-0.2, 0) is 10.2 Å². The number of hydrogen-bond acceptors (Lipinski definition) is 3. The van der Waals surface area contributed by atoms with Gasteiger partial charge in [-0.05, 0) is 38.3 Å². The van der Waals surface area contributed by atoms with Gasteiger partial charge in [-0.2, -0.15) is 0 Å². The number of methoxy groups -OCH3 is 1. The van der Waals surface area contributed by atoms with E-state index in [2.05, 4.69) is 50.5 Å². The van der Waals surface area contributed by atoms with E-state index in [4.69, 9.17) is 4.74 Å². The summed E-state index contributed by atoms with van der Waals surface area (Å²) in [5, 5.41) is 5.68. The quantitative estimate of drug-likeness (QED) is 0.754. The van der Waals surface area contributed by atoms with E-state index in [9.17, 15) is 0 Å². The summed E-state index contributed by atoms with van der Waals surface area (Å²) in [4.78, 5) is 1.44. The van der Waals surface area contributed by atoms with Crippen LogP contribution < -0.4 is 5.32 Å². The van der Waals surface area contributed by atoms with Crippen LogP contribution in [0.25, 0.3) is 0 Å². The van der Waals surface area contributed by atoms with Crippen molar-refractivity contribution in [1.29, 1.82) is 0 Å². The normalized spacial score (nSPS) is 13.0. The van der Waals surface area contributed by atoms with Crippen LogP contribution in [0.3, 0.4) is 0 Å². The molecular formula is C14H25NOS. The Labute approximate surface area is 109 Å². The largest absolute Gasteiger partial charge is 0.379 e. The lowest BCUT2D eigenvalue weighted by atomic mass is 9.91. The molecule has 3 heteroatoms. The lowest BCUT2D eigenvalue weighted by molar-refractivity contribution is 0.0157. The molecule has 0 unspecified atom stereocenters. The van der Waals surface area contributed by atoms with Gasteiger partial charge in [-0.1, -0.05) is 19.9 Å². The zero-order valence-electron chi connectivity index (χ0n) is 11.7. The van der Waals surface area contributed by atoms with Gasteiger partial charge >= 0.3 is 0 Å². The van der Waals surface area contributed by atoms with Crippen LogP contribution in [0.5, 0.6) is 0 Å². The highest BCUT2D eigenvalue weighted by atomic mass is 32.1. The van der Waals surface area contributed by atoms with E-state index in [0.717, 1.165) is 19.5 Å². The van der Waals surface area contributed by atoms with E-state index in [-0.39, 0.29) is 11.0 Å². The van der Waals surface area contributed by atoms with E-state index in [0.29, 0.717) is 0 Å². The van der Waals surface area contributed by atoms with Crippen LogP contribution in [0, 0.1) is 0 Å². The fraction of sp³-hybridized carbons (Fsp3) is 0.714. The Morgan fingerprint density at radius 2 is 2.00 bits per heavy atom. The van der Waals surface area contributed by atoms with Gasteiger partial charge in [0, 0.05) is 23.9 Å². The molecule has 0 bridgehead atoms. The summed E-state index contributed by atoms with van der Waals surface area (Å²) in [6.45, 7) is 10.8. The van der Waals surface area contributed by atoms with Crippen LogP contribution in [0.1, 0.15) is 39.0 Å². The molecule has 2 nitrogen and oxygen atoms in total. The van der Waals surface area contributed by atoms with Gasteiger partial charge in [0.25, 0.3) is 0 Å². The topological polar surface area (TPSA) is 21.3 Å². The predicted octanol–water partition coefficient (Wildman–Crippen LogP) is 3.43. The molecule has 0 fully saturated rings. The minimum atomic E-state index is -0.0277. The van der Waals surface area contributed by atoms with E-state index in [1.165, 1.54) is 4.88 Å². The molecule has 0 amide bonds. The van der Waals surface area contributed by atoms with Crippen LogP contribution in [0.4, 0.5) is 0 Å². The van der Waals surface area contributed by atoms with Crippen LogP contribution >= 0.6 is 11.3 Å². The van der Waals surface area contributed by atoms with Gasteiger partial charge < -0.3 is 10.1 Å². The van der Waals surface area contributed by atoms with Gasteiger partial charge in [-0.15, -0.1) is 11.3 Å². The molecule has 0 aliphatic rings. The van der Waals surface area contributed by atoms with Gasteiger partial charge in [0.15, 0.2) is 0 Å². The lowest BCUT2D eigenvalue weighted by Gasteiger charge is -2.26. The highest BCUT2D eigenvalue weighted by Crippen LogP contribution is 2.26. The van der Waals surface area contributed by atoms with Crippen molar-refractivity contribution in [3.05, 3.63) is 22.4 Å². The standard InChI is InChI=1S/C14H25NOS/c1-13(2,12-7-6-10-17-12)11-15-9-8-14(3,4)16-5/h6-7,10,15H,8-9,11H2,1-5H3. The molecule has 1 aromatic rings. The predicted molar refractivity (Wildman–Crippen MR) is 75.9 cm³/mol. The maximum Gasteiger partial charge on any atom is 0.0634 e. The lowest BCUT2D eigenvalue weighted by Crippen LogP contribution is -2.35. The van der Waals surface area contributed by atoms with E-state index in [1.54, 1.807) is 7.11 Å². The first kappa shape index (κ1) is 14.7. The summed E-state index contributed by atoms with van der Waals surface area (Å²) in [5.74, 6) is 0. The average molecular weight is 255 g/mol. The molecule has 0 aliphatic heterocycles. The van der Waals surface area contributed by atoms with Crippen molar-refractivity contribution < 1.29 is 4.74 Å². The second-order valence-electron chi connectivity index (χ2n) is 5.75. The molecular weight excluding hydrogens is 230 g/mol. The highest BCUT2D eigenvalue weighted by Gasteiger charge is 2.22. The number of ether oxygens (including phenoxy) is 1. The zero-order valence-corrected chi connectivity index (χ0v) is 12.5. The molecule has 0 aromatic carbocycles. The first-order valence-corrected chi connectivity index (χ1v) is 7.05. The Bertz CT molecular complexity index is 317. The summed E-state index contributed by atoms with van der Waals surface area (Å²) in [6, 6.07) is 4.33. The molecule has 0 radical (unpaired) electrons. The van der Waals surface area contributed by atoms with Crippen LogP contribution in [-0.4, -0.2) is 25.8 Å². The third kappa shape index (κ3) is 4.78. The fourth-order valence-electron chi connectivity index (χ4n) is 1.64. The van der Waals surface area contributed by atoms with Gasteiger partial charge in [0.1, 0.15) is 0 Å². The van der Waals surface area contributed by atoms with E-state index >= 15 is 0 Å². The van der Waals surface area contributed by atoms with Gasteiger partial charge in [0.05, 0.1) is 5.60 Å². The summed E-state index contributed by atoms with van der Waals surface area (Å²) in [7, 11) is 1.77. The Balaban J connectivity index is 2.32. The molecule has 1 rings (SSSR count). The molecule has 0 saturated heterocycles. The Morgan fingerprint density at radius 3 is 2.53 bits per heavy atom. The van der Waals surface area contributed by atoms with Gasteiger partial charge in [-0.25, -0.2) is 0 Å². The minimum Gasteiger partial charge on any atom is -0.379 e. The molecule has 17 heavy (non-hydrogen) atoms. The average Bonchev–Trinajstić information content (AvgIpc) is 2.78. The Morgan fingerprint density at radius 1 is 1.29 bits per heavy atom. The highest BCUT2D eigenvalue weighted by molar-refractivity contribution is 7.10. The molecule has 1 heterocycles. The second kappa shape index (κ2) is 5.98. The smallest absolute Gasteiger partial charge is 0.0634 e. The number of thiophene rings is 1. The summed E-state index contributed by atoms with van der Waals surface area (Å²) < 4.78 is 5.40. The maximum atomic E-state index is 5.40. The van der Waals surface area contributed by atoms with Crippen molar-refractivity contribution in [2.75, 3.05) is 20.2 Å². The summed E-state index contributed by atoms with van der Waals surface area (Å²) in [5.41, 5.74) is 0.186. The van der Waals surface area contributed by atoms with E-state index in [1.807, 2.05) is 11.3 Å². The first-order chi connectivity index (χ1) is 7.87. The number of nitrogens with one attached hydrogen (secondary N) is 1. The molecule has 98 valence electrons. The van der Waals surface area contributed by atoms with Crippen molar-refractivity contribution in [3.8, 4) is 0 Å². The van der Waals surface area contributed by atoms with Crippen molar-refractivity contribution in [2.24, 2.45) is 0 Å². The van der Waals surface area contributed by atoms with Crippen molar-refractivity contribution in [2.45, 2.75) is 45.1 Å². The zero-order chi connectivity index (χ0) is 12.9. The van der Waals surface area contributed by atoms with Gasteiger partial charge in [0.2, 0.25) is 0 Å². The van der Waals surface area contributed by atoms with Crippen molar-refractivity contribution >= 4 is 11.3 Å². The molecule has 1 aromatic heterocycles. The Hall–Kier alpha value is -0.380. The van der Waals surface area contributed by atoms with Crippen molar-refractivity contribution in [1.82, 2.24) is 5.32 Å². The molecule has 1 N–H and O–H groups in total. The fourth-order valence-corrected chi connectivity index (χ4v) is 2.50. The Kier molecular flexibility index (Phi) is 5.17. The second-order valence-corrected chi connectivity index (χ2v) is 6.70. The number of rotatable bonds is 7. The van der Waals surface area contributed by atoms with Crippen molar-refractivity contribution in [3.63, 3.8) is 0 Å². The van der Waals surface area contributed by atoms with E-state index < -0.39 is 0 Å². The summed E-state index contributed by atoms with van der Waals surface area (Å²) >= 11 is 1.83. The van der Waals surface area contributed by atoms with Gasteiger partial charge in [-0.3, -0.25) is 0 Å². The molecule has 0 atom stereocenters. The first-order valence-electron chi connectivity index (χ1n) is 6.17. The third-order valence-corrected chi connectivity index (χ3v) is 4.45. The SMILES string of the molecule is COC(C)(C)CCNCC(C)(C)c1cccs1. The maximum absolute atomic E-state index is 5.40. The summed E-state index contributed by atoms with van der Waals surface area (Å²) in [6.07, 6.45) is 1.03. The third-order valence-electron chi connectivity index (χ3n) is 3.21. The van der Waals surface area contributed by atoms with Crippen LogP contribution in [0.2, 0.25) is 0 Å². The monoisotopic (exact) mass is 255 g/mol. The minimum absolute atomic E-state index is 0.0277.